The summed E-state index contributed by atoms with van der Waals surface area (Å²) < 4.78 is 0. The molecule has 16 heavy (non-hydrogen) atoms. The highest BCUT2D eigenvalue weighted by molar-refractivity contribution is 5.48. The highest BCUT2D eigenvalue weighted by Crippen LogP contribution is 2.18. The summed E-state index contributed by atoms with van der Waals surface area (Å²) in [5.41, 5.74) is 0.725. The van der Waals surface area contributed by atoms with Gasteiger partial charge in [-0.25, -0.2) is 4.79 Å². The van der Waals surface area contributed by atoms with Crippen molar-refractivity contribution in [2.75, 3.05) is 18.0 Å². The van der Waals surface area contributed by atoms with Crippen molar-refractivity contribution in [3.8, 4) is 0 Å². The minimum atomic E-state index is -0.414. The highest BCUT2D eigenvalue weighted by atomic mass is 16.2. The normalized spacial score (nSPS) is 16.4. The van der Waals surface area contributed by atoms with Crippen LogP contribution in [0.2, 0.25) is 0 Å². The Hall–Kier alpha value is -1.52. The third-order valence-corrected chi connectivity index (χ3v) is 3.02. The fraction of sp³-hybridized carbons (Fsp3) is 0.636. The van der Waals surface area contributed by atoms with E-state index in [9.17, 15) is 9.59 Å². The molecule has 5 nitrogen and oxygen atoms in total. The Labute approximate surface area is 93.5 Å². The summed E-state index contributed by atoms with van der Waals surface area (Å²) in [5.74, 6) is 0. The second-order valence-electron chi connectivity index (χ2n) is 4.14. The first kappa shape index (κ1) is 11.0. The summed E-state index contributed by atoms with van der Waals surface area (Å²) in [6.45, 7) is 3.75. The molecule has 0 spiro atoms. The van der Waals surface area contributed by atoms with Gasteiger partial charge in [-0.2, -0.15) is 0 Å². The third kappa shape index (κ3) is 2.03. The molecule has 1 aromatic heterocycles. The molecule has 88 valence electrons. The zero-order chi connectivity index (χ0) is 11.5. The average Bonchev–Trinajstić information content (AvgIpc) is 2.29. The number of aromatic nitrogens is 2. The monoisotopic (exact) mass is 223 g/mol. The van der Waals surface area contributed by atoms with Gasteiger partial charge in [-0.15, -0.1) is 0 Å². The van der Waals surface area contributed by atoms with Crippen molar-refractivity contribution in [3.05, 3.63) is 26.5 Å². The molecular formula is C11H17N3O2. The molecule has 0 atom stereocenters. The molecular weight excluding hydrogens is 206 g/mol. The Morgan fingerprint density at radius 1 is 1.12 bits per heavy atom. The van der Waals surface area contributed by atoms with Gasteiger partial charge in [0.05, 0.1) is 0 Å². The minimum absolute atomic E-state index is 0.262. The molecule has 2 N–H and O–H groups in total. The number of rotatable bonds is 2. The number of nitrogens with one attached hydrogen (secondary N) is 2. The van der Waals surface area contributed by atoms with Crippen LogP contribution in [0, 0.1) is 0 Å². The number of aromatic amines is 2. The summed E-state index contributed by atoms with van der Waals surface area (Å²) in [6.07, 6.45) is 4.12. The number of anilines is 1. The highest BCUT2D eigenvalue weighted by Gasteiger charge is 2.17. The van der Waals surface area contributed by atoms with Crippen molar-refractivity contribution < 1.29 is 0 Å². The molecule has 0 saturated carbocycles. The first-order valence-electron chi connectivity index (χ1n) is 5.82. The zero-order valence-electron chi connectivity index (χ0n) is 9.51. The first-order chi connectivity index (χ1) is 7.72. The van der Waals surface area contributed by atoms with Crippen molar-refractivity contribution in [1.29, 1.82) is 0 Å². The van der Waals surface area contributed by atoms with Crippen LogP contribution in [0.5, 0.6) is 0 Å². The molecule has 1 aliphatic rings. The molecule has 0 radical (unpaired) electrons. The van der Waals surface area contributed by atoms with E-state index in [1.54, 1.807) is 0 Å². The molecule has 0 unspecified atom stereocenters. The number of aryl methyl sites for hydroxylation is 1. The van der Waals surface area contributed by atoms with Crippen LogP contribution < -0.4 is 16.1 Å². The smallest absolute Gasteiger partial charge is 0.326 e. The summed E-state index contributed by atoms with van der Waals surface area (Å²) >= 11 is 0. The second kappa shape index (κ2) is 4.55. The number of H-pyrrole nitrogens is 2. The predicted octanol–water partition coefficient (Wildman–Crippen LogP) is 0.616. The molecule has 0 amide bonds. The van der Waals surface area contributed by atoms with Crippen LogP contribution in [0.3, 0.4) is 0 Å². The van der Waals surface area contributed by atoms with Gasteiger partial charge in [0.2, 0.25) is 0 Å². The Kier molecular flexibility index (Phi) is 3.12. The molecule has 1 saturated heterocycles. The van der Waals surface area contributed by atoms with Gasteiger partial charge >= 0.3 is 5.69 Å². The van der Waals surface area contributed by atoms with Crippen LogP contribution in [0.25, 0.3) is 0 Å². The van der Waals surface area contributed by atoms with E-state index in [0.29, 0.717) is 12.1 Å². The minimum Gasteiger partial charge on any atom is -0.366 e. The zero-order valence-corrected chi connectivity index (χ0v) is 9.51. The van der Waals surface area contributed by atoms with Gasteiger partial charge in [0.15, 0.2) is 0 Å². The lowest BCUT2D eigenvalue weighted by Gasteiger charge is -2.29. The molecule has 0 aliphatic carbocycles. The molecule has 2 heterocycles. The molecule has 5 heteroatoms. The Morgan fingerprint density at radius 3 is 2.44 bits per heavy atom. The largest absolute Gasteiger partial charge is 0.366 e. The van der Waals surface area contributed by atoms with Gasteiger partial charge in [0.1, 0.15) is 5.69 Å². The third-order valence-electron chi connectivity index (χ3n) is 3.02. The van der Waals surface area contributed by atoms with Crippen molar-refractivity contribution in [2.45, 2.75) is 32.6 Å². The molecule has 1 fully saturated rings. The predicted molar refractivity (Wildman–Crippen MR) is 63.1 cm³/mol. The van der Waals surface area contributed by atoms with Crippen LogP contribution in [0.1, 0.15) is 31.9 Å². The van der Waals surface area contributed by atoms with Crippen LogP contribution in [0.4, 0.5) is 5.69 Å². The number of hydrogen-bond acceptors (Lipinski definition) is 3. The Morgan fingerprint density at radius 2 is 1.81 bits per heavy atom. The number of hydrogen-bond donors (Lipinski definition) is 2. The van der Waals surface area contributed by atoms with E-state index in [4.69, 9.17) is 0 Å². The van der Waals surface area contributed by atoms with Gasteiger partial charge in [-0.05, 0) is 25.7 Å². The maximum Gasteiger partial charge on any atom is 0.326 e. The fourth-order valence-electron chi connectivity index (χ4n) is 2.23. The lowest BCUT2D eigenvalue weighted by Crippen LogP contribution is -2.37. The molecule has 1 aliphatic heterocycles. The molecule has 0 aromatic carbocycles. The van der Waals surface area contributed by atoms with Crippen molar-refractivity contribution in [2.24, 2.45) is 0 Å². The maximum absolute atomic E-state index is 11.8. The van der Waals surface area contributed by atoms with Crippen LogP contribution in [0.15, 0.2) is 9.59 Å². The fourth-order valence-corrected chi connectivity index (χ4v) is 2.23. The first-order valence-corrected chi connectivity index (χ1v) is 5.82. The van der Waals surface area contributed by atoms with Gasteiger partial charge in [0, 0.05) is 18.8 Å². The lowest BCUT2D eigenvalue weighted by molar-refractivity contribution is 0.573. The second-order valence-corrected chi connectivity index (χ2v) is 4.14. The van der Waals surface area contributed by atoms with Gasteiger partial charge < -0.3 is 9.88 Å². The summed E-state index contributed by atoms with van der Waals surface area (Å²) in [4.78, 5) is 30.1. The summed E-state index contributed by atoms with van der Waals surface area (Å²) in [5, 5.41) is 0. The Bertz CT molecular complexity index is 469. The SMILES string of the molecule is CCc1[nH]c(=O)[nH]c(=O)c1N1CCCCC1. The van der Waals surface area contributed by atoms with E-state index in [0.717, 1.165) is 31.6 Å². The van der Waals surface area contributed by atoms with Crippen LogP contribution in [-0.2, 0) is 6.42 Å². The van der Waals surface area contributed by atoms with E-state index < -0.39 is 5.69 Å². The Balaban J connectivity index is 2.45. The van der Waals surface area contributed by atoms with Crippen molar-refractivity contribution in [1.82, 2.24) is 9.97 Å². The van der Waals surface area contributed by atoms with E-state index in [-0.39, 0.29) is 5.56 Å². The van der Waals surface area contributed by atoms with Crippen molar-refractivity contribution in [3.63, 3.8) is 0 Å². The molecule has 2 rings (SSSR count). The van der Waals surface area contributed by atoms with E-state index >= 15 is 0 Å². The maximum atomic E-state index is 11.8. The molecule has 1 aromatic rings. The van der Waals surface area contributed by atoms with Crippen LogP contribution >= 0.6 is 0 Å². The average molecular weight is 223 g/mol. The van der Waals surface area contributed by atoms with Crippen LogP contribution in [-0.4, -0.2) is 23.1 Å². The van der Waals surface area contributed by atoms with Crippen molar-refractivity contribution >= 4 is 5.69 Å². The standard InChI is InChI=1S/C11H17N3O2/c1-2-8-9(10(15)13-11(16)12-8)14-6-4-3-5-7-14/h2-7H2,1H3,(H2,12,13,15,16). The topological polar surface area (TPSA) is 69.0 Å². The van der Waals surface area contributed by atoms with E-state index in [2.05, 4.69) is 14.9 Å². The van der Waals surface area contributed by atoms with E-state index in [1.165, 1.54) is 6.42 Å². The summed E-state index contributed by atoms with van der Waals surface area (Å²) in [7, 11) is 0. The summed E-state index contributed by atoms with van der Waals surface area (Å²) in [6, 6.07) is 0. The van der Waals surface area contributed by atoms with Gasteiger partial charge in [-0.3, -0.25) is 9.78 Å². The van der Waals surface area contributed by atoms with Gasteiger partial charge in [-0.1, -0.05) is 6.92 Å². The quantitative estimate of drug-likeness (QED) is 0.772. The lowest BCUT2D eigenvalue weighted by atomic mass is 10.1. The van der Waals surface area contributed by atoms with E-state index in [1.807, 2.05) is 6.92 Å². The number of piperidine rings is 1. The number of nitrogens with zero attached hydrogens (tertiary/aromatic N) is 1. The molecule has 0 bridgehead atoms. The van der Waals surface area contributed by atoms with Gasteiger partial charge in [0.25, 0.3) is 5.56 Å².